The Morgan fingerprint density at radius 1 is 1.15 bits per heavy atom. The maximum Gasteiger partial charge on any atom is 0.416 e. The fraction of sp³-hybridized carbons (Fsp3) is 0.556. The van der Waals surface area contributed by atoms with Crippen molar-refractivity contribution in [1.29, 1.82) is 0 Å². The molecule has 0 unspecified atom stereocenters. The van der Waals surface area contributed by atoms with Gasteiger partial charge < -0.3 is 11.5 Å². The summed E-state index contributed by atoms with van der Waals surface area (Å²) in [5.41, 5.74) is 8.23. The van der Waals surface area contributed by atoms with Gasteiger partial charge in [0.25, 0.3) is 0 Å². The lowest BCUT2D eigenvalue weighted by Crippen LogP contribution is -2.62. The highest BCUT2D eigenvalue weighted by molar-refractivity contribution is 6.12. The van der Waals surface area contributed by atoms with Crippen LogP contribution in [0.4, 0.5) is 13.2 Å². The fourth-order valence-corrected chi connectivity index (χ4v) is 2.95. The van der Waals surface area contributed by atoms with Crippen LogP contribution in [0.25, 0.3) is 0 Å². The number of rotatable bonds is 6. The second kappa shape index (κ2) is 7.36. The number of halogens is 3. The van der Waals surface area contributed by atoms with Gasteiger partial charge in [0.15, 0.2) is 11.3 Å². The highest BCUT2D eigenvalue weighted by Gasteiger charge is 2.47. The summed E-state index contributed by atoms with van der Waals surface area (Å²) < 4.78 is 39.1. The summed E-state index contributed by atoms with van der Waals surface area (Å²) in [6, 6.07) is 3.28. The first kappa shape index (κ1) is 22.1. The third-order valence-corrected chi connectivity index (χ3v) is 3.98. The van der Waals surface area contributed by atoms with Gasteiger partial charge in [0.1, 0.15) is 0 Å². The molecule has 26 heavy (non-hydrogen) atoms. The number of carbonyl (C=O) groups is 2. The Kier molecular flexibility index (Phi) is 6.26. The molecule has 0 spiro atoms. The number of nitrogens with zero attached hydrogens (tertiary/aromatic N) is 1. The van der Waals surface area contributed by atoms with Crippen molar-refractivity contribution in [2.45, 2.75) is 44.9 Å². The van der Waals surface area contributed by atoms with Gasteiger partial charge in [-0.05, 0) is 43.6 Å². The SMILES string of the molecule is CN(C)[C@@H](C(=O)[C@](N)(CC(C)(C)C)C(N)=O)c1cccc(C(F)(F)F)c1. The average molecular weight is 373 g/mol. The zero-order chi connectivity index (χ0) is 20.5. The van der Waals surface area contributed by atoms with E-state index in [4.69, 9.17) is 11.5 Å². The number of alkyl halides is 3. The van der Waals surface area contributed by atoms with E-state index in [1.165, 1.54) is 31.1 Å². The van der Waals surface area contributed by atoms with Crippen LogP contribution in [0.5, 0.6) is 0 Å². The van der Waals surface area contributed by atoms with Crippen molar-refractivity contribution >= 4 is 11.7 Å². The van der Waals surface area contributed by atoms with Crippen LogP contribution >= 0.6 is 0 Å². The Balaban J connectivity index is 3.45. The normalized spacial score (nSPS) is 16.2. The molecule has 8 heteroatoms. The molecular weight excluding hydrogens is 347 g/mol. The number of carbonyl (C=O) groups excluding carboxylic acids is 2. The Morgan fingerprint density at radius 2 is 1.69 bits per heavy atom. The van der Waals surface area contributed by atoms with Crippen molar-refractivity contribution in [3.05, 3.63) is 35.4 Å². The van der Waals surface area contributed by atoms with Gasteiger partial charge in [-0.3, -0.25) is 14.5 Å². The molecule has 0 fully saturated rings. The summed E-state index contributed by atoms with van der Waals surface area (Å²) in [6.45, 7) is 5.37. The number of amides is 1. The average Bonchev–Trinajstić information content (AvgIpc) is 2.44. The van der Waals surface area contributed by atoms with E-state index in [9.17, 15) is 22.8 Å². The van der Waals surface area contributed by atoms with Crippen molar-refractivity contribution in [2.24, 2.45) is 16.9 Å². The molecule has 5 nitrogen and oxygen atoms in total. The molecular formula is C18H26F3N3O2. The first-order valence-electron chi connectivity index (χ1n) is 8.06. The number of ketones is 1. The predicted molar refractivity (Wildman–Crippen MR) is 93.1 cm³/mol. The lowest BCUT2D eigenvalue weighted by Gasteiger charge is -2.36. The van der Waals surface area contributed by atoms with Gasteiger partial charge >= 0.3 is 6.18 Å². The first-order valence-corrected chi connectivity index (χ1v) is 8.06. The number of hydrogen-bond acceptors (Lipinski definition) is 4. The van der Waals surface area contributed by atoms with Gasteiger partial charge in [-0.1, -0.05) is 32.9 Å². The smallest absolute Gasteiger partial charge is 0.368 e. The molecule has 0 bridgehead atoms. The Hall–Kier alpha value is -1.93. The molecule has 0 aliphatic heterocycles. The molecule has 0 heterocycles. The molecule has 2 atom stereocenters. The van der Waals surface area contributed by atoms with Crippen molar-refractivity contribution in [3.8, 4) is 0 Å². The molecule has 1 aromatic carbocycles. The van der Waals surface area contributed by atoms with E-state index in [-0.39, 0.29) is 12.0 Å². The maximum absolute atomic E-state index is 13.1. The highest BCUT2D eigenvalue weighted by atomic mass is 19.4. The lowest BCUT2D eigenvalue weighted by molar-refractivity contribution is -0.140. The van der Waals surface area contributed by atoms with Crippen molar-refractivity contribution in [2.75, 3.05) is 14.1 Å². The topological polar surface area (TPSA) is 89.4 Å². The highest BCUT2D eigenvalue weighted by Crippen LogP contribution is 2.35. The molecule has 0 aliphatic carbocycles. The van der Waals surface area contributed by atoms with Crippen LogP contribution < -0.4 is 11.5 Å². The Morgan fingerprint density at radius 3 is 2.08 bits per heavy atom. The minimum Gasteiger partial charge on any atom is -0.368 e. The van der Waals surface area contributed by atoms with E-state index in [1.807, 2.05) is 0 Å². The molecule has 0 radical (unpaired) electrons. The monoisotopic (exact) mass is 373 g/mol. The fourth-order valence-electron chi connectivity index (χ4n) is 2.95. The van der Waals surface area contributed by atoms with Crippen molar-refractivity contribution < 1.29 is 22.8 Å². The molecule has 0 saturated carbocycles. The Labute approximate surface area is 151 Å². The first-order chi connectivity index (χ1) is 11.6. The minimum absolute atomic E-state index is 0.0303. The second-order valence-electron chi connectivity index (χ2n) is 7.93. The van der Waals surface area contributed by atoms with Crippen LogP contribution in [0.15, 0.2) is 24.3 Å². The van der Waals surface area contributed by atoms with Gasteiger partial charge in [0.2, 0.25) is 5.91 Å². The van der Waals surface area contributed by atoms with Gasteiger partial charge in [-0.15, -0.1) is 0 Å². The van der Waals surface area contributed by atoms with Crippen molar-refractivity contribution in [1.82, 2.24) is 4.90 Å². The zero-order valence-electron chi connectivity index (χ0n) is 15.6. The molecule has 0 aliphatic rings. The quantitative estimate of drug-likeness (QED) is 0.750. The summed E-state index contributed by atoms with van der Waals surface area (Å²) >= 11 is 0. The largest absolute Gasteiger partial charge is 0.416 e. The standard InChI is InChI=1S/C18H26F3N3O2/c1-16(2,3)10-17(23,15(22)26)14(25)13(24(4)5)11-7-6-8-12(9-11)18(19,20)21/h6-9,13H,10,23H2,1-5H3,(H2,22,26)/t13-,17-/m1/s1. The zero-order valence-corrected chi connectivity index (χ0v) is 15.6. The van der Waals surface area contributed by atoms with E-state index in [1.54, 1.807) is 20.8 Å². The number of Topliss-reactive ketones (excluding diaryl/α,β-unsaturated/α-hetero) is 1. The summed E-state index contributed by atoms with van der Waals surface area (Å²) in [7, 11) is 3.06. The van der Waals surface area contributed by atoms with Crippen LogP contribution in [0, 0.1) is 5.41 Å². The van der Waals surface area contributed by atoms with E-state index in [0.29, 0.717) is 0 Å². The predicted octanol–water partition coefficient (Wildman–Crippen LogP) is 2.50. The molecule has 4 N–H and O–H groups in total. The molecule has 0 saturated heterocycles. The van der Waals surface area contributed by atoms with E-state index >= 15 is 0 Å². The number of primary amides is 1. The van der Waals surface area contributed by atoms with Crippen molar-refractivity contribution in [3.63, 3.8) is 0 Å². The summed E-state index contributed by atoms with van der Waals surface area (Å²) in [6.07, 6.45) is -4.58. The molecule has 1 aromatic rings. The summed E-state index contributed by atoms with van der Waals surface area (Å²) in [5.74, 6) is -1.74. The van der Waals surface area contributed by atoms with Crippen LogP contribution in [0.2, 0.25) is 0 Å². The molecule has 0 aromatic heterocycles. The Bertz CT molecular complexity index is 681. The number of benzene rings is 1. The number of likely N-dealkylation sites (N-methyl/N-ethyl adjacent to an activating group) is 1. The van der Waals surface area contributed by atoms with Gasteiger partial charge in [-0.2, -0.15) is 13.2 Å². The van der Waals surface area contributed by atoms with E-state index in [0.717, 1.165) is 12.1 Å². The number of nitrogens with two attached hydrogens (primary N) is 2. The van der Waals surface area contributed by atoms with Crippen LogP contribution in [0.3, 0.4) is 0 Å². The molecule has 1 rings (SSSR count). The van der Waals surface area contributed by atoms with Crippen LogP contribution in [0.1, 0.15) is 44.4 Å². The van der Waals surface area contributed by atoms with Crippen LogP contribution in [-0.4, -0.2) is 36.2 Å². The minimum atomic E-state index is -4.55. The number of hydrogen-bond donors (Lipinski definition) is 2. The van der Waals surface area contributed by atoms with Gasteiger partial charge in [0, 0.05) is 0 Å². The second-order valence-corrected chi connectivity index (χ2v) is 7.93. The summed E-state index contributed by atoms with van der Waals surface area (Å²) in [5, 5.41) is 0. The van der Waals surface area contributed by atoms with E-state index < -0.39 is 40.4 Å². The maximum atomic E-state index is 13.1. The molecule has 146 valence electrons. The summed E-state index contributed by atoms with van der Waals surface area (Å²) in [4.78, 5) is 26.6. The van der Waals surface area contributed by atoms with Gasteiger partial charge in [0.05, 0.1) is 11.6 Å². The van der Waals surface area contributed by atoms with Crippen LogP contribution in [-0.2, 0) is 15.8 Å². The molecule has 1 amide bonds. The van der Waals surface area contributed by atoms with E-state index in [2.05, 4.69) is 0 Å². The lowest BCUT2D eigenvalue weighted by atomic mass is 9.74. The third kappa shape index (κ3) is 5.04. The third-order valence-electron chi connectivity index (χ3n) is 3.98. The van der Waals surface area contributed by atoms with Gasteiger partial charge in [-0.25, -0.2) is 0 Å².